The summed E-state index contributed by atoms with van der Waals surface area (Å²) in [5.74, 6) is 0.955. The van der Waals surface area contributed by atoms with Crippen molar-refractivity contribution < 1.29 is 0 Å². The quantitative estimate of drug-likeness (QED) is 0.729. The van der Waals surface area contributed by atoms with Crippen molar-refractivity contribution in [3.05, 3.63) is 58.6 Å². The summed E-state index contributed by atoms with van der Waals surface area (Å²) < 4.78 is 0. The topological polar surface area (TPSA) is 27.0 Å². The first kappa shape index (κ1) is 15.8. The number of nitrogens with zero attached hydrogens (tertiary/aromatic N) is 2. The maximum Gasteiger partial charge on any atom is 0.103 e. The zero-order valence-electron chi connectivity index (χ0n) is 12.1. The lowest BCUT2D eigenvalue weighted by Crippen LogP contribution is -2.17. The van der Waals surface area contributed by atoms with Gasteiger partial charge in [-0.05, 0) is 35.6 Å². The molecule has 21 heavy (non-hydrogen) atoms. The van der Waals surface area contributed by atoms with Crippen molar-refractivity contribution in [3.63, 3.8) is 0 Å². The van der Waals surface area contributed by atoms with Gasteiger partial charge in [0.2, 0.25) is 0 Å². The molecule has 108 valence electrons. The number of thioether (sulfide) groups is 1. The van der Waals surface area contributed by atoms with E-state index in [1.54, 1.807) is 11.8 Å². The van der Waals surface area contributed by atoms with Gasteiger partial charge >= 0.3 is 0 Å². The van der Waals surface area contributed by atoms with E-state index in [0.717, 1.165) is 39.0 Å². The third kappa shape index (κ3) is 3.93. The molecule has 2 aromatic carbocycles. The fourth-order valence-electron chi connectivity index (χ4n) is 2.22. The second-order valence-corrected chi connectivity index (χ2v) is 6.42. The van der Waals surface area contributed by atoms with Gasteiger partial charge in [-0.2, -0.15) is 5.26 Å². The molecule has 0 bridgehead atoms. The Morgan fingerprint density at radius 3 is 2.67 bits per heavy atom. The van der Waals surface area contributed by atoms with Crippen molar-refractivity contribution in [1.82, 2.24) is 0 Å². The fourth-order valence-corrected chi connectivity index (χ4v) is 3.21. The van der Waals surface area contributed by atoms with Crippen LogP contribution < -0.4 is 4.90 Å². The fraction of sp³-hybridized carbons (Fsp3) is 0.235. The van der Waals surface area contributed by atoms with E-state index < -0.39 is 0 Å². The molecule has 0 fully saturated rings. The van der Waals surface area contributed by atoms with Gasteiger partial charge in [0.15, 0.2) is 0 Å². The molecule has 2 rings (SSSR count). The molecule has 0 saturated heterocycles. The van der Waals surface area contributed by atoms with Crippen LogP contribution in [0.25, 0.3) is 0 Å². The molecule has 0 aliphatic rings. The van der Waals surface area contributed by atoms with Crippen molar-refractivity contribution in [2.24, 2.45) is 0 Å². The van der Waals surface area contributed by atoms with Crippen molar-refractivity contribution in [3.8, 4) is 6.07 Å². The largest absolute Gasteiger partial charge is 0.369 e. The second-order valence-electron chi connectivity index (χ2n) is 4.68. The van der Waals surface area contributed by atoms with Crippen molar-refractivity contribution in [2.75, 3.05) is 17.7 Å². The van der Waals surface area contributed by atoms with Gasteiger partial charge in [0.25, 0.3) is 0 Å². The zero-order valence-corrected chi connectivity index (χ0v) is 13.7. The van der Waals surface area contributed by atoms with E-state index in [1.807, 2.05) is 49.5 Å². The maximum absolute atomic E-state index is 9.47. The number of hydrogen-bond acceptors (Lipinski definition) is 3. The number of anilines is 1. The van der Waals surface area contributed by atoms with E-state index >= 15 is 0 Å². The van der Waals surface area contributed by atoms with Gasteiger partial charge in [0, 0.05) is 23.5 Å². The molecule has 2 aromatic rings. The lowest BCUT2D eigenvalue weighted by molar-refractivity contribution is 0.917. The van der Waals surface area contributed by atoms with Crippen molar-refractivity contribution in [1.29, 1.82) is 5.26 Å². The van der Waals surface area contributed by atoms with Crippen LogP contribution >= 0.6 is 23.4 Å². The Kier molecular flexibility index (Phi) is 5.55. The van der Waals surface area contributed by atoms with Gasteiger partial charge in [-0.1, -0.05) is 36.7 Å². The predicted octanol–water partition coefficient (Wildman–Crippen LogP) is 4.96. The van der Waals surface area contributed by atoms with Crippen LogP contribution in [-0.4, -0.2) is 12.8 Å². The summed E-state index contributed by atoms with van der Waals surface area (Å²) in [6, 6.07) is 16.1. The van der Waals surface area contributed by atoms with Gasteiger partial charge in [0.1, 0.15) is 6.07 Å². The monoisotopic (exact) mass is 316 g/mol. The first-order chi connectivity index (χ1) is 10.2. The van der Waals surface area contributed by atoms with Gasteiger partial charge < -0.3 is 4.90 Å². The Labute approximate surface area is 135 Å². The summed E-state index contributed by atoms with van der Waals surface area (Å²) in [6.45, 7) is 2.81. The SMILES string of the molecule is CCSc1cccc(N(C)Cc2cccc(Cl)c2)c1C#N. The molecule has 0 radical (unpaired) electrons. The molecule has 0 atom stereocenters. The Balaban J connectivity index is 2.29. The van der Waals surface area contributed by atoms with Crippen molar-refractivity contribution >= 4 is 29.1 Å². The molecule has 0 heterocycles. The van der Waals surface area contributed by atoms with Crippen LogP contribution in [0.1, 0.15) is 18.1 Å². The summed E-state index contributed by atoms with van der Waals surface area (Å²) in [6.07, 6.45) is 0. The predicted molar refractivity (Wildman–Crippen MR) is 91.1 cm³/mol. The zero-order chi connectivity index (χ0) is 15.2. The first-order valence-corrected chi connectivity index (χ1v) is 8.13. The average molecular weight is 317 g/mol. The van der Waals surface area contributed by atoms with E-state index in [-0.39, 0.29) is 0 Å². The number of rotatable bonds is 5. The minimum Gasteiger partial charge on any atom is -0.369 e. The Bertz CT molecular complexity index is 664. The summed E-state index contributed by atoms with van der Waals surface area (Å²) in [4.78, 5) is 3.12. The minimum absolute atomic E-state index is 0.718. The van der Waals surface area contributed by atoms with Crippen LogP contribution in [0, 0.1) is 11.3 Å². The normalized spacial score (nSPS) is 10.2. The molecular formula is C17H17ClN2S. The first-order valence-electron chi connectivity index (χ1n) is 6.77. The average Bonchev–Trinajstić information content (AvgIpc) is 2.47. The molecule has 0 aliphatic heterocycles. The molecule has 0 aromatic heterocycles. The van der Waals surface area contributed by atoms with Crippen LogP contribution in [0.2, 0.25) is 5.02 Å². The van der Waals surface area contributed by atoms with E-state index in [4.69, 9.17) is 11.6 Å². The summed E-state index contributed by atoms with van der Waals surface area (Å²) in [5.41, 5.74) is 2.83. The Hall–Kier alpha value is -1.63. The third-order valence-electron chi connectivity index (χ3n) is 3.14. The number of benzene rings is 2. The van der Waals surface area contributed by atoms with E-state index in [2.05, 4.69) is 17.9 Å². The third-order valence-corrected chi connectivity index (χ3v) is 4.31. The smallest absolute Gasteiger partial charge is 0.103 e. The molecule has 0 spiro atoms. The maximum atomic E-state index is 9.47. The van der Waals surface area contributed by atoms with Crippen LogP contribution in [0.4, 0.5) is 5.69 Å². The molecule has 4 heteroatoms. The van der Waals surface area contributed by atoms with E-state index in [1.165, 1.54) is 0 Å². The molecule has 0 N–H and O–H groups in total. The molecule has 0 aliphatic carbocycles. The highest BCUT2D eigenvalue weighted by Crippen LogP contribution is 2.30. The van der Waals surface area contributed by atoms with Crippen LogP contribution in [0.5, 0.6) is 0 Å². The molecule has 0 saturated carbocycles. The number of hydrogen-bond donors (Lipinski definition) is 0. The van der Waals surface area contributed by atoms with Gasteiger partial charge in [-0.15, -0.1) is 11.8 Å². The van der Waals surface area contributed by atoms with Crippen LogP contribution in [0.3, 0.4) is 0 Å². The lowest BCUT2D eigenvalue weighted by atomic mass is 10.1. The van der Waals surface area contributed by atoms with Gasteiger partial charge in [-0.25, -0.2) is 0 Å². The number of nitriles is 1. The molecular weight excluding hydrogens is 300 g/mol. The standard InChI is InChI=1S/C17H17ClN2S/c1-3-21-17-9-5-8-16(15(17)11-19)20(2)12-13-6-4-7-14(18)10-13/h4-10H,3,12H2,1-2H3. The summed E-state index contributed by atoms with van der Waals surface area (Å²) in [7, 11) is 2.00. The molecule has 2 nitrogen and oxygen atoms in total. The number of halogens is 1. The minimum atomic E-state index is 0.718. The van der Waals surface area contributed by atoms with Gasteiger partial charge in [-0.3, -0.25) is 0 Å². The lowest BCUT2D eigenvalue weighted by Gasteiger charge is -2.22. The highest BCUT2D eigenvalue weighted by Gasteiger charge is 2.12. The van der Waals surface area contributed by atoms with Crippen molar-refractivity contribution in [2.45, 2.75) is 18.4 Å². The molecule has 0 amide bonds. The summed E-state index contributed by atoms with van der Waals surface area (Å²) in [5, 5.41) is 10.2. The van der Waals surface area contributed by atoms with Crippen LogP contribution in [0.15, 0.2) is 47.4 Å². The Morgan fingerprint density at radius 2 is 2.00 bits per heavy atom. The van der Waals surface area contributed by atoms with Gasteiger partial charge in [0.05, 0.1) is 11.3 Å². The second kappa shape index (κ2) is 7.40. The molecule has 0 unspecified atom stereocenters. The highest BCUT2D eigenvalue weighted by molar-refractivity contribution is 7.99. The highest BCUT2D eigenvalue weighted by atomic mass is 35.5. The Morgan fingerprint density at radius 1 is 1.24 bits per heavy atom. The van der Waals surface area contributed by atoms with E-state index in [0.29, 0.717) is 0 Å². The summed E-state index contributed by atoms with van der Waals surface area (Å²) >= 11 is 7.72. The van der Waals surface area contributed by atoms with Crippen LogP contribution in [-0.2, 0) is 6.54 Å². The van der Waals surface area contributed by atoms with E-state index in [9.17, 15) is 5.26 Å².